The fourth-order valence-electron chi connectivity index (χ4n) is 1.90. The van der Waals surface area contributed by atoms with E-state index in [2.05, 4.69) is 5.32 Å². The van der Waals surface area contributed by atoms with Crippen molar-refractivity contribution in [3.8, 4) is 0 Å². The van der Waals surface area contributed by atoms with Gasteiger partial charge in [0.1, 0.15) is 18.1 Å². The molecule has 0 radical (unpaired) electrons. The summed E-state index contributed by atoms with van der Waals surface area (Å²) in [5, 5.41) is 2.25. The molecule has 0 aliphatic carbocycles. The van der Waals surface area contributed by atoms with Crippen molar-refractivity contribution in [1.29, 1.82) is 0 Å². The first kappa shape index (κ1) is 16.4. The number of unbranched alkanes of at least 4 members (excludes halogenated alkanes) is 1. The second-order valence-corrected chi connectivity index (χ2v) is 5.91. The average molecular weight is 322 g/mol. The van der Waals surface area contributed by atoms with E-state index in [0.717, 1.165) is 35.3 Å². The van der Waals surface area contributed by atoms with E-state index >= 15 is 0 Å². The third kappa shape index (κ3) is 4.00. The van der Waals surface area contributed by atoms with Crippen LogP contribution in [0.1, 0.15) is 31.3 Å². The van der Waals surface area contributed by atoms with Crippen molar-refractivity contribution in [1.82, 2.24) is 10.2 Å². The molecule has 3 amide bonds. The van der Waals surface area contributed by atoms with Gasteiger partial charge in [-0.05, 0) is 37.2 Å². The smallest absolute Gasteiger partial charge is 0.294 e. The Labute approximate surface area is 132 Å². The topological polar surface area (TPSA) is 79.6 Å². The minimum Gasteiger partial charge on any atom is -0.462 e. The van der Waals surface area contributed by atoms with Crippen LogP contribution in [0.3, 0.4) is 0 Å². The van der Waals surface area contributed by atoms with Gasteiger partial charge in [-0.3, -0.25) is 19.3 Å². The molecule has 2 heterocycles. The van der Waals surface area contributed by atoms with Crippen LogP contribution in [0.2, 0.25) is 0 Å². The number of hydrogen-bond acceptors (Lipinski definition) is 5. The maximum atomic E-state index is 12.2. The normalized spacial score (nSPS) is 16.6. The Hall–Kier alpha value is -2.02. The van der Waals surface area contributed by atoms with Gasteiger partial charge >= 0.3 is 0 Å². The third-order valence-electron chi connectivity index (χ3n) is 3.06. The lowest BCUT2D eigenvalue weighted by atomic mass is 10.3. The molecular formula is C15H18N2O4S. The zero-order valence-electron chi connectivity index (χ0n) is 12.5. The number of amides is 3. The Morgan fingerprint density at radius 2 is 2.18 bits per heavy atom. The molecule has 1 saturated heterocycles. The maximum Gasteiger partial charge on any atom is 0.294 e. The Kier molecular flexibility index (Phi) is 5.43. The van der Waals surface area contributed by atoms with E-state index < -0.39 is 11.1 Å². The van der Waals surface area contributed by atoms with E-state index in [9.17, 15) is 14.4 Å². The van der Waals surface area contributed by atoms with E-state index in [0.29, 0.717) is 12.3 Å². The number of carbonyl (C=O) groups is 3. The number of carbonyl (C=O) groups excluding carboxylic acids is 3. The highest BCUT2D eigenvalue weighted by Gasteiger charge is 2.36. The van der Waals surface area contributed by atoms with E-state index in [4.69, 9.17) is 4.42 Å². The van der Waals surface area contributed by atoms with Crippen LogP contribution in [0.25, 0.3) is 6.08 Å². The van der Waals surface area contributed by atoms with Crippen molar-refractivity contribution in [2.24, 2.45) is 0 Å². The number of nitrogens with zero attached hydrogens (tertiary/aromatic N) is 1. The number of nitrogens with one attached hydrogen (secondary N) is 1. The molecule has 1 aliphatic rings. The second kappa shape index (κ2) is 7.31. The quantitative estimate of drug-likeness (QED) is 0.643. The van der Waals surface area contributed by atoms with Gasteiger partial charge in [-0.25, -0.2) is 0 Å². The first-order valence-corrected chi connectivity index (χ1v) is 7.91. The summed E-state index contributed by atoms with van der Waals surface area (Å²) in [4.78, 5) is 37.0. The molecule has 1 aromatic heterocycles. The summed E-state index contributed by atoms with van der Waals surface area (Å²) in [6.07, 6.45) is 3.35. The molecule has 0 unspecified atom stereocenters. The molecule has 2 rings (SSSR count). The number of imide groups is 1. The fourth-order valence-corrected chi connectivity index (χ4v) is 2.72. The molecule has 7 heteroatoms. The van der Waals surface area contributed by atoms with E-state index in [1.165, 1.54) is 6.08 Å². The molecule has 6 nitrogen and oxygen atoms in total. The summed E-state index contributed by atoms with van der Waals surface area (Å²) >= 11 is 0.815. The molecule has 0 aromatic carbocycles. The third-order valence-corrected chi connectivity index (χ3v) is 3.97. The minimum atomic E-state index is -0.463. The van der Waals surface area contributed by atoms with Gasteiger partial charge in [0.15, 0.2) is 0 Å². The van der Waals surface area contributed by atoms with Gasteiger partial charge in [0, 0.05) is 12.6 Å². The summed E-state index contributed by atoms with van der Waals surface area (Å²) in [6, 6.07) is 3.50. The molecule has 1 aliphatic heterocycles. The van der Waals surface area contributed by atoms with Crippen LogP contribution in [0.4, 0.5) is 4.79 Å². The summed E-state index contributed by atoms with van der Waals surface area (Å²) in [7, 11) is 0. The standard InChI is InChI=1S/C15H18N2O4S/c1-3-4-7-16-13(18)9-17-14(19)12(22-15(17)20)8-11-6-5-10(2)21-11/h5-6,8H,3-4,7,9H2,1-2H3,(H,16,18)/b12-8-. The predicted octanol–water partition coefficient (Wildman–Crippen LogP) is 2.54. The summed E-state index contributed by atoms with van der Waals surface area (Å²) < 4.78 is 5.36. The molecular weight excluding hydrogens is 304 g/mol. The largest absolute Gasteiger partial charge is 0.462 e. The first-order valence-electron chi connectivity index (χ1n) is 7.09. The number of thioether (sulfide) groups is 1. The van der Waals surface area contributed by atoms with Gasteiger partial charge in [0.2, 0.25) is 5.91 Å². The van der Waals surface area contributed by atoms with Crippen molar-refractivity contribution in [3.63, 3.8) is 0 Å². The van der Waals surface area contributed by atoms with Gasteiger partial charge in [0.05, 0.1) is 4.91 Å². The van der Waals surface area contributed by atoms with Crippen molar-refractivity contribution in [2.45, 2.75) is 26.7 Å². The fraction of sp³-hybridized carbons (Fsp3) is 0.400. The van der Waals surface area contributed by atoms with E-state index in [1.54, 1.807) is 19.1 Å². The van der Waals surface area contributed by atoms with Crippen LogP contribution in [0.5, 0.6) is 0 Å². The molecule has 1 fully saturated rings. The monoisotopic (exact) mass is 322 g/mol. The molecule has 0 atom stereocenters. The van der Waals surface area contributed by atoms with Crippen LogP contribution < -0.4 is 5.32 Å². The molecule has 118 valence electrons. The lowest BCUT2D eigenvalue weighted by Crippen LogP contribution is -2.39. The molecule has 0 spiro atoms. The predicted molar refractivity (Wildman–Crippen MR) is 84.0 cm³/mol. The van der Waals surface area contributed by atoms with E-state index in [1.807, 2.05) is 6.92 Å². The van der Waals surface area contributed by atoms with Crippen LogP contribution in [-0.2, 0) is 9.59 Å². The lowest BCUT2D eigenvalue weighted by Gasteiger charge is -2.12. The van der Waals surface area contributed by atoms with Crippen molar-refractivity contribution >= 4 is 34.9 Å². The maximum absolute atomic E-state index is 12.2. The Morgan fingerprint density at radius 1 is 1.41 bits per heavy atom. The van der Waals surface area contributed by atoms with Crippen molar-refractivity contribution in [2.75, 3.05) is 13.1 Å². The Morgan fingerprint density at radius 3 is 2.82 bits per heavy atom. The van der Waals surface area contributed by atoms with Crippen LogP contribution in [-0.4, -0.2) is 35.0 Å². The highest BCUT2D eigenvalue weighted by atomic mass is 32.2. The van der Waals surface area contributed by atoms with Gasteiger partial charge in [-0.1, -0.05) is 13.3 Å². The minimum absolute atomic E-state index is 0.247. The molecule has 1 aromatic rings. The summed E-state index contributed by atoms with van der Waals surface area (Å²) in [5.41, 5.74) is 0. The van der Waals surface area contributed by atoms with Crippen molar-refractivity contribution < 1.29 is 18.8 Å². The number of aryl methyl sites for hydroxylation is 1. The van der Waals surface area contributed by atoms with Gasteiger partial charge in [0.25, 0.3) is 11.1 Å². The number of rotatable bonds is 6. The van der Waals surface area contributed by atoms with Crippen LogP contribution in [0, 0.1) is 6.92 Å². The molecule has 0 saturated carbocycles. The molecule has 22 heavy (non-hydrogen) atoms. The van der Waals surface area contributed by atoms with Crippen LogP contribution in [0.15, 0.2) is 21.5 Å². The zero-order chi connectivity index (χ0) is 16.1. The number of hydrogen-bond donors (Lipinski definition) is 1. The van der Waals surface area contributed by atoms with Gasteiger partial charge in [-0.2, -0.15) is 0 Å². The zero-order valence-corrected chi connectivity index (χ0v) is 13.4. The average Bonchev–Trinajstić information content (AvgIpc) is 2.98. The molecule has 0 bridgehead atoms. The highest BCUT2D eigenvalue weighted by molar-refractivity contribution is 8.18. The Balaban J connectivity index is 1.99. The van der Waals surface area contributed by atoms with E-state index in [-0.39, 0.29) is 17.4 Å². The van der Waals surface area contributed by atoms with Crippen molar-refractivity contribution in [3.05, 3.63) is 28.6 Å². The van der Waals surface area contributed by atoms with Crippen LogP contribution >= 0.6 is 11.8 Å². The summed E-state index contributed by atoms with van der Waals surface area (Å²) in [5.74, 6) is 0.441. The lowest BCUT2D eigenvalue weighted by molar-refractivity contribution is -0.129. The SMILES string of the molecule is CCCCNC(=O)CN1C(=O)S/C(=C\c2ccc(C)o2)C1=O. The van der Waals surface area contributed by atoms with Gasteiger partial charge in [-0.15, -0.1) is 0 Å². The second-order valence-electron chi connectivity index (χ2n) is 4.92. The van der Waals surface area contributed by atoms with Gasteiger partial charge < -0.3 is 9.73 Å². The number of furan rings is 1. The Bertz CT molecular complexity index is 621. The molecule has 1 N–H and O–H groups in total. The first-order chi connectivity index (χ1) is 10.5. The highest BCUT2D eigenvalue weighted by Crippen LogP contribution is 2.32. The summed E-state index contributed by atoms with van der Waals surface area (Å²) in [6.45, 7) is 4.11.